The molecule has 0 spiro atoms. The van der Waals surface area contributed by atoms with Gasteiger partial charge in [-0.25, -0.2) is 0 Å². The molecule has 5 nitrogen and oxygen atoms in total. The molecule has 2 aromatic rings. The van der Waals surface area contributed by atoms with E-state index >= 15 is 0 Å². The van der Waals surface area contributed by atoms with Crippen LogP contribution in [0, 0.1) is 23.2 Å². The molecule has 1 N–H and O–H groups in total. The topological polar surface area (TPSA) is 59.9 Å². The van der Waals surface area contributed by atoms with Crippen molar-refractivity contribution in [2.45, 2.75) is 57.8 Å². The van der Waals surface area contributed by atoms with E-state index in [4.69, 9.17) is 9.72 Å². The smallest absolute Gasteiger partial charge is 0.247 e. The third-order valence-electron chi connectivity index (χ3n) is 7.36. The second-order valence-electron chi connectivity index (χ2n) is 9.76. The van der Waals surface area contributed by atoms with Crippen LogP contribution >= 0.6 is 27.7 Å². The van der Waals surface area contributed by atoms with E-state index < -0.39 is 0 Å². The first-order chi connectivity index (χ1) is 14.9. The minimum absolute atomic E-state index is 0.151. The molecule has 31 heavy (non-hydrogen) atoms. The van der Waals surface area contributed by atoms with Crippen LogP contribution in [0.5, 0.6) is 5.88 Å². The second kappa shape index (κ2) is 8.07. The predicted octanol–water partition coefficient (Wildman–Crippen LogP) is 6.56. The lowest BCUT2D eigenvalue weighted by Crippen LogP contribution is -2.45. The minimum Gasteiger partial charge on any atom is -0.452 e. The molecule has 2 heterocycles. The molecule has 5 rings (SSSR count). The van der Waals surface area contributed by atoms with Crippen LogP contribution in [-0.2, 0) is 0 Å². The molecule has 3 aliphatic rings. The molecule has 164 valence electrons. The maximum Gasteiger partial charge on any atom is 0.247 e. The van der Waals surface area contributed by atoms with Crippen molar-refractivity contribution >= 4 is 33.4 Å². The Morgan fingerprint density at radius 1 is 1.26 bits per heavy atom. The minimum atomic E-state index is -0.151. The van der Waals surface area contributed by atoms with E-state index in [9.17, 15) is 0 Å². The van der Waals surface area contributed by atoms with Gasteiger partial charge in [0.25, 0.3) is 0 Å². The van der Waals surface area contributed by atoms with Crippen molar-refractivity contribution in [1.82, 2.24) is 15.2 Å². The van der Waals surface area contributed by atoms with Crippen molar-refractivity contribution < 1.29 is 4.74 Å². The lowest BCUT2D eigenvalue weighted by atomic mass is 9.59. The van der Waals surface area contributed by atoms with E-state index in [2.05, 4.69) is 76.5 Å². The van der Waals surface area contributed by atoms with E-state index in [1.54, 1.807) is 5.57 Å². The molecule has 2 aliphatic carbocycles. The van der Waals surface area contributed by atoms with Crippen LogP contribution in [-0.4, -0.2) is 27.7 Å². The molecule has 1 aromatic carbocycles. The number of hydrogen-bond acceptors (Lipinski definition) is 6. The summed E-state index contributed by atoms with van der Waals surface area (Å²) >= 11 is 5.08. The Morgan fingerprint density at radius 3 is 2.90 bits per heavy atom. The maximum absolute atomic E-state index is 6.61. The first-order valence-corrected chi connectivity index (χ1v) is 13.1. The van der Waals surface area contributed by atoms with Crippen LogP contribution in [0.25, 0.3) is 11.3 Å². The van der Waals surface area contributed by atoms with Crippen LogP contribution in [0.3, 0.4) is 0 Å². The molecule has 0 unspecified atom stereocenters. The number of anilines is 1. The van der Waals surface area contributed by atoms with Gasteiger partial charge in [-0.1, -0.05) is 60.1 Å². The first-order valence-electron chi connectivity index (χ1n) is 11.1. The molecule has 1 aromatic heterocycles. The molecule has 1 aliphatic heterocycles. The van der Waals surface area contributed by atoms with Gasteiger partial charge in [-0.3, -0.25) is 0 Å². The van der Waals surface area contributed by atoms with E-state index in [1.165, 1.54) is 24.6 Å². The monoisotopic (exact) mass is 500 g/mol. The number of thioether (sulfide) groups is 1. The van der Waals surface area contributed by atoms with Crippen molar-refractivity contribution in [2.24, 2.45) is 23.2 Å². The van der Waals surface area contributed by atoms with Gasteiger partial charge in [-0.05, 0) is 67.4 Å². The zero-order chi connectivity index (χ0) is 21.8. The average Bonchev–Trinajstić information content (AvgIpc) is 2.89. The third-order valence-corrected chi connectivity index (χ3v) is 8.39. The van der Waals surface area contributed by atoms with Crippen molar-refractivity contribution in [3.8, 4) is 17.1 Å². The molecule has 0 amide bonds. The Hall–Kier alpha value is -1.60. The van der Waals surface area contributed by atoms with Gasteiger partial charge in [0.15, 0.2) is 11.9 Å². The van der Waals surface area contributed by atoms with Gasteiger partial charge in [0.05, 0.1) is 0 Å². The highest BCUT2D eigenvalue weighted by Gasteiger charge is 2.44. The number of allylic oxidation sites excluding steroid dienone is 2. The van der Waals surface area contributed by atoms with Crippen molar-refractivity contribution in [1.29, 1.82) is 0 Å². The molecular weight excluding hydrogens is 472 g/mol. The van der Waals surface area contributed by atoms with Gasteiger partial charge in [-0.15, -0.1) is 10.2 Å². The Kier molecular flexibility index (Phi) is 5.53. The van der Waals surface area contributed by atoms with Gasteiger partial charge in [0.1, 0.15) is 0 Å². The summed E-state index contributed by atoms with van der Waals surface area (Å²) in [4.78, 5) is 4.70. The Labute approximate surface area is 197 Å². The summed E-state index contributed by atoms with van der Waals surface area (Å²) in [5, 5.41) is 13.1. The second-order valence-corrected chi connectivity index (χ2v) is 11.5. The highest BCUT2D eigenvalue weighted by molar-refractivity contribution is 9.10. The van der Waals surface area contributed by atoms with Gasteiger partial charge >= 0.3 is 0 Å². The SMILES string of the molecule is CSc1nnc2c(n1)O[C@H]([C@H]1C[C@@H]3C(=CCCC3(C)C)C[C@@H]1C)Nc1ccc(Br)cc1-2. The normalized spacial score (nSPS) is 28.7. The zero-order valence-electron chi connectivity index (χ0n) is 18.5. The quantitative estimate of drug-likeness (QED) is 0.371. The third kappa shape index (κ3) is 3.88. The van der Waals surface area contributed by atoms with E-state index in [1.807, 2.05) is 6.26 Å². The fraction of sp³-hybridized carbons (Fsp3) is 0.542. The maximum atomic E-state index is 6.61. The number of benzene rings is 1. The molecule has 1 fully saturated rings. The summed E-state index contributed by atoms with van der Waals surface area (Å²) in [6.07, 6.45) is 9.07. The fourth-order valence-electron chi connectivity index (χ4n) is 5.56. The predicted molar refractivity (Wildman–Crippen MR) is 129 cm³/mol. The highest BCUT2D eigenvalue weighted by atomic mass is 79.9. The number of fused-ring (bicyclic) bond motifs is 4. The largest absolute Gasteiger partial charge is 0.452 e. The average molecular weight is 501 g/mol. The van der Waals surface area contributed by atoms with Crippen LogP contribution in [0.15, 0.2) is 39.5 Å². The Bertz CT molecular complexity index is 1040. The molecule has 1 saturated carbocycles. The summed E-state index contributed by atoms with van der Waals surface area (Å²) in [7, 11) is 0. The number of nitrogens with zero attached hydrogens (tertiary/aromatic N) is 3. The van der Waals surface area contributed by atoms with Crippen LogP contribution in [0.4, 0.5) is 5.69 Å². The summed E-state index contributed by atoms with van der Waals surface area (Å²) < 4.78 is 7.60. The molecule has 0 bridgehead atoms. The lowest BCUT2D eigenvalue weighted by molar-refractivity contribution is 0.0519. The standard InChI is InChI=1S/C24H29BrN4OS/c1-13-10-14-6-5-9-24(2,3)18(14)12-16(13)21-26-19-8-7-15(25)11-17(19)20-22(30-21)27-23(31-4)29-28-20/h6-8,11,13,16,18,21,26H,5,9-10,12H2,1-4H3/t13-,16-,18+,21+/m0/s1. The number of ether oxygens (including phenoxy) is 1. The van der Waals surface area contributed by atoms with Gasteiger partial charge in [0.2, 0.25) is 11.0 Å². The van der Waals surface area contributed by atoms with Crippen LogP contribution in [0.1, 0.15) is 46.5 Å². The van der Waals surface area contributed by atoms with Crippen LogP contribution in [0.2, 0.25) is 0 Å². The summed E-state index contributed by atoms with van der Waals surface area (Å²) in [6.45, 7) is 7.24. The van der Waals surface area contributed by atoms with Gasteiger partial charge < -0.3 is 10.1 Å². The van der Waals surface area contributed by atoms with Gasteiger partial charge in [0, 0.05) is 21.6 Å². The Balaban J connectivity index is 1.55. The molecule has 7 heteroatoms. The van der Waals surface area contributed by atoms with E-state index in [0.717, 1.165) is 28.6 Å². The van der Waals surface area contributed by atoms with Gasteiger partial charge in [-0.2, -0.15) is 4.98 Å². The van der Waals surface area contributed by atoms with Crippen molar-refractivity contribution in [3.05, 3.63) is 34.3 Å². The summed E-state index contributed by atoms with van der Waals surface area (Å²) in [6, 6.07) is 6.22. The first kappa shape index (κ1) is 21.3. The molecular formula is C24H29BrN4OS. The number of rotatable bonds is 2. The highest BCUT2D eigenvalue weighted by Crippen LogP contribution is 2.52. The Morgan fingerprint density at radius 2 is 2.10 bits per heavy atom. The van der Waals surface area contributed by atoms with Crippen LogP contribution < -0.4 is 10.1 Å². The number of halogens is 1. The molecule has 4 atom stereocenters. The summed E-state index contributed by atoms with van der Waals surface area (Å²) in [5.74, 6) is 2.11. The zero-order valence-corrected chi connectivity index (χ0v) is 20.9. The number of hydrogen-bond donors (Lipinski definition) is 1. The number of nitrogens with one attached hydrogen (secondary N) is 1. The summed E-state index contributed by atoms with van der Waals surface area (Å²) in [5.41, 5.74) is 4.69. The lowest BCUT2D eigenvalue weighted by Gasteiger charge is -2.48. The van der Waals surface area contributed by atoms with E-state index in [-0.39, 0.29) is 6.23 Å². The van der Waals surface area contributed by atoms with Crippen molar-refractivity contribution in [2.75, 3.05) is 11.6 Å². The number of aromatic nitrogens is 3. The van der Waals surface area contributed by atoms with E-state index in [0.29, 0.717) is 39.9 Å². The fourth-order valence-corrected chi connectivity index (χ4v) is 6.22. The molecule has 0 saturated heterocycles. The van der Waals surface area contributed by atoms with Crippen molar-refractivity contribution in [3.63, 3.8) is 0 Å². The molecule has 0 radical (unpaired) electrons.